The van der Waals surface area contributed by atoms with Gasteiger partial charge in [-0.2, -0.15) is 0 Å². The Labute approximate surface area is 104 Å². The van der Waals surface area contributed by atoms with Gasteiger partial charge in [0.25, 0.3) is 6.43 Å². The number of aromatic nitrogens is 1. The van der Waals surface area contributed by atoms with Crippen molar-refractivity contribution in [2.45, 2.75) is 13.3 Å². The molecule has 16 heavy (non-hydrogen) atoms. The second-order valence-electron chi connectivity index (χ2n) is 2.72. The summed E-state index contributed by atoms with van der Waals surface area (Å²) in [6.45, 7) is 1.65. The maximum Gasteiger partial charge on any atom is 0.341 e. The summed E-state index contributed by atoms with van der Waals surface area (Å²) in [6, 6.07) is 1.04. The Bertz CT molecular complexity index is 415. The van der Waals surface area contributed by atoms with E-state index in [0.29, 0.717) is 0 Å². The van der Waals surface area contributed by atoms with Crippen LogP contribution in [0, 0.1) is 0 Å². The molecule has 0 fully saturated rings. The number of carbonyl (C=O) groups is 1. The molecule has 1 aromatic rings. The number of pyridine rings is 1. The van der Waals surface area contributed by atoms with Gasteiger partial charge in [-0.25, -0.2) is 18.6 Å². The Hall–Kier alpha value is -0.750. The fourth-order valence-corrected chi connectivity index (χ4v) is 1.88. The summed E-state index contributed by atoms with van der Waals surface area (Å²) in [5.74, 6) is -0.900. The number of alkyl halides is 2. The predicted molar refractivity (Wildman–Crippen MR) is 57.9 cm³/mol. The molecule has 3 nitrogen and oxygen atoms in total. The number of halogens is 4. The maximum atomic E-state index is 12.7. The molecule has 0 aliphatic carbocycles. The summed E-state index contributed by atoms with van der Waals surface area (Å²) in [4.78, 5) is 15.1. The van der Waals surface area contributed by atoms with Crippen molar-refractivity contribution >= 4 is 33.5 Å². The molecule has 1 heterocycles. The number of hydrogen-bond donors (Lipinski definition) is 0. The summed E-state index contributed by atoms with van der Waals surface area (Å²) in [5, 5.41) is -0.303. The molecular formula is C9H7BrClF2NO2. The monoisotopic (exact) mass is 313 g/mol. The number of ether oxygens (including phenoxy) is 1. The molecule has 0 amide bonds. The summed E-state index contributed by atoms with van der Waals surface area (Å²) in [7, 11) is 0. The topological polar surface area (TPSA) is 39.2 Å². The first-order valence-electron chi connectivity index (χ1n) is 4.28. The van der Waals surface area contributed by atoms with Gasteiger partial charge >= 0.3 is 5.97 Å². The van der Waals surface area contributed by atoms with Crippen LogP contribution in [0.25, 0.3) is 0 Å². The molecule has 0 aliphatic heterocycles. The van der Waals surface area contributed by atoms with Crippen LogP contribution in [0.2, 0.25) is 5.15 Å². The molecule has 0 aromatic carbocycles. The molecule has 1 rings (SSSR count). The van der Waals surface area contributed by atoms with E-state index in [4.69, 9.17) is 11.6 Å². The molecule has 0 saturated carbocycles. The zero-order valence-corrected chi connectivity index (χ0v) is 10.5. The molecule has 0 unspecified atom stereocenters. The van der Waals surface area contributed by atoms with Crippen LogP contribution in [0.1, 0.15) is 29.3 Å². The average Bonchev–Trinajstić information content (AvgIpc) is 2.16. The van der Waals surface area contributed by atoms with E-state index in [0.717, 1.165) is 6.07 Å². The number of rotatable bonds is 3. The van der Waals surface area contributed by atoms with Crippen LogP contribution in [0.5, 0.6) is 0 Å². The van der Waals surface area contributed by atoms with E-state index >= 15 is 0 Å². The molecule has 0 N–H and O–H groups in total. The van der Waals surface area contributed by atoms with E-state index in [1.807, 2.05) is 0 Å². The van der Waals surface area contributed by atoms with Gasteiger partial charge in [0.2, 0.25) is 0 Å². The maximum absolute atomic E-state index is 12.7. The van der Waals surface area contributed by atoms with Crippen LogP contribution in [-0.2, 0) is 4.74 Å². The Morgan fingerprint density at radius 2 is 2.31 bits per heavy atom. The Balaban J connectivity index is 3.29. The normalized spacial score (nSPS) is 10.6. The van der Waals surface area contributed by atoms with Crippen LogP contribution >= 0.6 is 27.5 Å². The van der Waals surface area contributed by atoms with E-state index in [-0.39, 0.29) is 21.9 Å². The van der Waals surface area contributed by atoms with Crippen LogP contribution in [0.15, 0.2) is 10.7 Å². The largest absolute Gasteiger partial charge is 0.462 e. The van der Waals surface area contributed by atoms with Crippen LogP contribution in [0.4, 0.5) is 8.78 Å². The second-order valence-corrected chi connectivity index (χ2v) is 3.89. The molecule has 0 spiro atoms. The molecule has 0 saturated heterocycles. The van der Waals surface area contributed by atoms with E-state index in [1.165, 1.54) is 0 Å². The van der Waals surface area contributed by atoms with Crippen molar-refractivity contribution in [1.29, 1.82) is 0 Å². The minimum absolute atomic E-state index is 0.0773. The number of hydrogen-bond acceptors (Lipinski definition) is 3. The lowest BCUT2D eigenvalue weighted by atomic mass is 10.1. The van der Waals surface area contributed by atoms with E-state index in [9.17, 15) is 13.6 Å². The van der Waals surface area contributed by atoms with Gasteiger partial charge in [-0.1, -0.05) is 11.6 Å². The lowest BCUT2D eigenvalue weighted by Crippen LogP contribution is -2.10. The summed E-state index contributed by atoms with van der Waals surface area (Å²) >= 11 is 8.56. The Morgan fingerprint density at radius 1 is 1.69 bits per heavy atom. The van der Waals surface area contributed by atoms with Crippen molar-refractivity contribution in [2.24, 2.45) is 0 Å². The predicted octanol–water partition coefficient (Wildman–Crippen LogP) is 3.61. The highest BCUT2D eigenvalue weighted by Gasteiger charge is 2.24. The molecule has 0 radical (unpaired) electrons. The third kappa shape index (κ3) is 2.89. The zero-order valence-electron chi connectivity index (χ0n) is 8.14. The molecule has 0 aliphatic rings. The number of nitrogens with zero attached hydrogens (tertiary/aromatic N) is 1. The van der Waals surface area contributed by atoms with Crippen LogP contribution in [-0.4, -0.2) is 17.6 Å². The molecule has 0 atom stereocenters. The minimum Gasteiger partial charge on any atom is -0.462 e. The van der Waals surface area contributed by atoms with Gasteiger partial charge in [-0.3, -0.25) is 0 Å². The van der Waals surface area contributed by atoms with Gasteiger partial charge in [0, 0.05) is 5.56 Å². The Kier molecular flexibility index (Phi) is 4.61. The number of esters is 1. The van der Waals surface area contributed by atoms with Gasteiger partial charge in [-0.05, 0) is 28.9 Å². The summed E-state index contributed by atoms with van der Waals surface area (Å²) < 4.78 is 30.1. The average molecular weight is 315 g/mol. The first kappa shape index (κ1) is 13.3. The van der Waals surface area contributed by atoms with Crippen molar-refractivity contribution in [3.8, 4) is 0 Å². The highest BCUT2D eigenvalue weighted by atomic mass is 79.9. The van der Waals surface area contributed by atoms with Gasteiger partial charge in [0.1, 0.15) is 15.3 Å². The number of carbonyl (C=O) groups excluding carboxylic acids is 1. The third-order valence-corrected chi connectivity index (χ3v) is 2.37. The zero-order chi connectivity index (χ0) is 12.3. The SMILES string of the molecule is CCOC(=O)c1c(C(F)F)cc(Br)nc1Cl. The Morgan fingerprint density at radius 3 is 2.81 bits per heavy atom. The fourth-order valence-electron chi connectivity index (χ4n) is 1.08. The molecule has 88 valence electrons. The van der Waals surface area contributed by atoms with E-state index < -0.39 is 18.0 Å². The molecule has 0 bridgehead atoms. The minimum atomic E-state index is -2.82. The molecular weight excluding hydrogens is 307 g/mol. The first-order valence-corrected chi connectivity index (χ1v) is 5.45. The van der Waals surface area contributed by atoms with Crippen molar-refractivity contribution < 1.29 is 18.3 Å². The van der Waals surface area contributed by atoms with Crippen LogP contribution < -0.4 is 0 Å². The van der Waals surface area contributed by atoms with E-state index in [1.54, 1.807) is 6.92 Å². The third-order valence-electron chi connectivity index (χ3n) is 1.69. The highest BCUT2D eigenvalue weighted by molar-refractivity contribution is 9.10. The first-order chi connectivity index (χ1) is 7.47. The van der Waals surface area contributed by atoms with Crippen molar-refractivity contribution in [1.82, 2.24) is 4.98 Å². The van der Waals surface area contributed by atoms with Crippen molar-refractivity contribution in [2.75, 3.05) is 6.61 Å². The molecule has 1 aromatic heterocycles. The van der Waals surface area contributed by atoms with Gasteiger partial charge in [0.05, 0.1) is 6.61 Å². The van der Waals surface area contributed by atoms with Gasteiger partial charge < -0.3 is 4.74 Å². The summed E-state index contributed by atoms with van der Waals surface area (Å²) in [6.07, 6.45) is -2.82. The van der Waals surface area contributed by atoms with Crippen molar-refractivity contribution in [3.63, 3.8) is 0 Å². The quantitative estimate of drug-likeness (QED) is 0.632. The second kappa shape index (κ2) is 5.54. The highest BCUT2D eigenvalue weighted by Crippen LogP contribution is 2.30. The van der Waals surface area contributed by atoms with E-state index in [2.05, 4.69) is 25.7 Å². The smallest absolute Gasteiger partial charge is 0.341 e. The summed E-state index contributed by atoms with van der Waals surface area (Å²) in [5.41, 5.74) is -0.882. The van der Waals surface area contributed by atoms with Crippen molar-refractivity contribution in [3.05, 3.63) is 26.9 Å². The fraction of sp³-hybridized carbons (Fsp3) is 0.333. The lowest BCUT2D eigenvalue weighted by molar-refractivity contribution is 0.0515. The lowest BCUT2D eigenvalue weighted by Gasteiger charge is -2.09. The van der Waals surface area contributed by atoms with Crippen LogP contribution in [0.3, 0.4) is 0 Å². The van der Waals surface area contributed by atoms with Gasteiger partial charge in [0.15, 0.2) is 0 Å². The van der Waals surface area contributed by atoms with Gasteiger partial charge in [-0.15, -0.1) is 0 Å². The molecule has 7 heteroatoms. The standard InChI is InChI=1S/C9H7BrClF2NO2/c1-2-16-9(15)6-4(8(12)13)3-5(10)14-7(6)11/h3,8H,2H2,1H3.